The van der Waals surface area contributed by atoms with Crippen LogP contribution < -0.4 is 0 Å². The van der Waals surface area contributed by atoms with Gasteiger partial charge in [-0.1, -0.05) is 29.3 Å². The second kappa shape index (κ2) is 10.5. The summed E-state index contributed by atoms with van der Waals surface area (Å²) in [6.07, 6.45) is -9.90. The SMILES string of the molecule is CCN(C(=O)c1cc(C(F)(F)F)cc(C(F)(F)F)c1)[C@H]1CCN(C(C)=O)C[C@H]1c1ccc(Cl)c(Cl)c1. The quantitative estimate of drug-likeness (QED) is 0.386. The average molecular weight is 555 g/mol. The summed E-state index contributed by atoms with van der Waals surface area (Å²) < 4.78 is 80.1. The first-order valence-corrected chi connectivity index (χ1v) is 11.7. The molecule has 2 aromatic carbocycles. The maximum absolute atomic E-state index is 13.4. The molecule has 0 saturated carbocycles. The number of likely N-dealkylation sites (tertiary alicyclic amines) is 1. The van der Waals surface area contributed by atoms with Crippen LogP contribution in [0.5, 0.6) is 0 Å². The van der Waals surface area contributed by atoms with Crippen molar-refractivity contribution in [3.63, 3.8) is 0 Å². The Labute approximate surface area is 213 Å². The number of piperidine rings is 1. The molecule has 1 aliphatic heterocycles. The van der Waals surface area contributed by atoms with E-state index in [1.54, 1.807) is 30.0 Å². The number of benzene rings is 2. The average Bonchev–Trinajstić information content (AvgIpc) is 2.80. The molecule has 3 rings (SSSR count). The van der Waals surface area contributed by atoms with Crippen LogP contribution in [-0.2, 0) is 17.1 Å². The Balaban J connectivity index is 2.07. The molecule has 12 heteroatoms. The number of nitrogens with zero attached hydrogens (tertiary/aromatic N) is 2. The lowest BCUT2D eigenvalue weighted by Crippen LogP contribution is -2.52. The van der Waals surface area contributed by atoms with Crippen LogP contribution in [0.1, 0.15) is 53.2 Å². The largest absolute Gasteiger partial charge is 0.416 e. The molecular formula is C24H22Cl2F6N2O2. The molecule has 1 aliphatic rings. The topological polar surface area (TPSA) is 40.6 Å². The van der Waals surface area contributed by atoms with Gasteiger partial charge >= 0.3 is 12.4 Å². The van der Waals surface area contributed by atoms with Crippen molar-refractivity contribution in [3.05, 3.63) is 68.7 Å². The van der Waals surface area contributed by atoms with E-state index in [1.807, 2.05) is 0 Å². The van der Waals surface area contributed by atoms with Crippen molar-refractivity contribution in [1.82, 2.24) is 9.80 Å². The molecule has 2 aromatic rings. The van der Waals surface area contributed by atoms with Gasteiger partial charge in [-0.15, -0.1) is 0 Å². The minimum Gasteiger partial charge on any atom is -0.342 e. The summed E-state index contributed by atoms with van der Waals surface area (Å²) in [5.41, 5.74) is -3.22. The summed E-state index contributed by atoms with van der Waals surface area (Å²) in [6, 6.07) is 5.01. The highest BCUT2D eigenvalue weighted by Crippen LogP contribution is 2.38. The van der Waals surface area contributed by atoms with Crippen LogP contribution in [-0.4, -0.2) is 47.3 Å². The van der Waals surface area contributed by atoms with E-state index in [-0.39, 0.29) is 48.1 Å². The van der Waals surface area contributed by atoms with Crippen LogP contribution >= 0.6 is 23.2 Å². The van der Waals surface area contributed by atoms with E-state index in [0.29, 0.717) is 17.7 Å². The van der Waals surface area contributed by atoms with Crippen LogP contribution in [0.25, 0.3) is 0 Å². The molecule has 0 radical (unpaired) electrons. The molecule has 2 amide bonds. The number of hydrogen-bond acceptors (Lipinski definition) is 2. The number of rotatable bonds is 4. The summed E-state index contributed by atoms with van der Waals surface area (Å²) in [6.45, 7) is 3.42. The fourth-order valence-corrected chi connectivity index (χ4v) is 4.75. The van der Waals surface area contributed by atoms with Gasteiger partial charge in [-0.2, -0.15) is 26.3 Å². The van der Waals surface area contributed by atoms with E-state index < -0.39 is 46.9 Å². The van der Waals surface area contributed by atoms with Crippen molar-refractivity contribution in [2.24, 2.45) is 0 Å². The van der Waals surface area contributed by atoms with E-state index in [1.165, 1.54) is 11.8 Å². The summed E-state index contributed by atoms with van der Waals surface area (Å²) in [5, 5.41) is 0.512. The van der Waals surface area contributed by atoms with Gasteiger partial charge in [0.2, 0.25) is 5.91 Å². The van der Waals surface area contributed by atoms with Crippen molar-refractivity contribution in [2.75, 3.05) is 19.6 Å². The van der Waals surface area contributed by atoms with Crippen molar-refractivity contribution in [1.29, 1.82) is 0 Å². The Morgan fingerprint density at radius 3 is 2.03 bits per heavy atom. The van der Waals surface area contributed by atoms with Crippen LogP contribution in [0.15, 0.2) is 36.4 Å². The summed E-state index contributed by atoms with van der Waals surface area (Å²) >= 11 is 12.2. The van der Waals surface area contributed by atoms with Crippen molar-refractivity contribution in [3.8, 4) is 0 Å². The van der Waals surface area contributed by atoms with Crippen molar-refractivity contribution < 1.29 is 35.9 Å². The van der Waals surface area contributed by atoms with E-state index >= 15 is 0 Å². The predicted octanol–water partition coefficient (Wildman–Crippen LogP) is 6.90. The van der Waals surface area contributed by atoms with Gasteiger partial charge in [0.25, 0.3) is 5.91 Å². The zero-order valence-corrected chi connectivity index (χ0v) is 20.7. The fourth-order valence-electron chi connectivity index (χ4n) is 4.44. The van der Waals surface area contributed by atoms with E-state index in [2.05, 4.69) is 0 Å². The molecular weight excluding hydrogens is 533 g/mol. The molecule has 0 aromatic heterocycles. The first-order chi connectivity index (χ1) is 16.6. The number of carbonyl (C=O) groups excluding carboxylic acids is 2. The molecule has 4 nitrogen and oxygen atoms in total. The normalized spacial score (nSPS) is 18.8. The maximum atomic E-state index is 13.4. The van der Waals surface area contributed by atoms with Gasteiger partial charge in [0.05, 0.1) is 21.2 Å². The van der Waals surface area contributed by atoms with Gasteiger partial charge in [0, 0.05) is 44.1 Å². The van der Waals surface area contributed by atoms with E-state index in [4.69, 9.17) is 23.2 Å². The number of likely N-dealkylation sites (N-methyl/N-ethyl adjacent to an activating group) is 1. The van der Waals surface area contributed by atoms with Crippen molar-refractivity contribution in [2.45, 2.75) is 44.6 Å². The molecule has 1 heterocycles. The maximum Gasteiger partial charge on any atom is 0.416 e. The number of amides is 2. The number of alkyl halides is 6. The standard InChI is InChI=1S/C24H22Cl2F6N2O2/c1-3-34(22(36)15-8-16(23(27,28)29)11-17(9-15)24(30,31)32)21-6-7-33(13(2)35)12-18(21)14-4-5-19(25)20(26)10-14/h4-5,8-11,18,21H,3,6-7,12H2,1-2H3/t18-,21-/m0/s1. The Morgan fingerprint density at radius 2 is 1.56 bits per heavy atom. The van der Waals surface area contributed by atoms with Gasteiger partial charge in [0.1, 0.15) is 0 Å². The number of carbonyl (C=O) groups is 2. The minimum absolute atomic E-state index is 0.0129. The predicted molar refractivity (Wildman–Crippen MR) is 123 cm³/mol. The Kier molecular flexibility index (Phi) is 8.20. The Hall–Kier alpha value is -2.46. The minimum atomic E-state index is -5.08. The van der Waals surface area contributed by atoms with Gasteiger partial charge in [-0.05, 0) is 49.2 Å². The number of hydrogen-bond donors (Lipinski definition) is 0. The van der Waals surface area contributed by atoms with Gasteiger partial charge in [-0.3, -0.25) is 9.59 Å². The summed E-state index contributed by atoms with van der Waals surface area (Å²) in [4.78, 5) is 28.3. The van der Waals surface area contributed by atoms with Gasteiger partial charge in [0.15, 0.2) is 0 Å². The van der Waals surface area contributed by atoms with Crippen LogP contribution in [0.4, 0.5) is 26.3 Å². The van der Waals surface area contributed by atoms with Gasteiger partial charge in [-0.25, -0.2) is 0 Å². The highest BCUT2D eigenvalue weighted by Gasteiger charge is 2.40. The molecule has 2 atom stereocenters. The number of halogens is 8. The highest BCUT2D eigenvalue weighted by molar-refractivity contribution is 6.42. The van der Waals surface area contributed by atoms with Crippen molar-refractivity contribution >= 4 is 35.0 Å². The second-order valence-electron chi connectivity index (χ2n) is 8.49. The Morgan fingerprint density at radius 1 is 0.972 bits per heavy atom. The molecule has 196 valence electrons. The lowest BCUT2D eigenvalue weighted by molar-refractivity contribution is -0.143. The molecule has 1 saturated heterocycles. The third-order valence-electron chi connectivity index (χ3n) is 6.23. The van der Waals surface area contributed by atoms with Crippen LogP contribution in [0, 0.1) is 0 Å². The third kappa shape index (κ3) is 6.08. The van der Waals surface area contributed by atoms with Gasteiger partial charge < -0.3 is 9.80 Å². The molecule has 0 bridgehead atoms. The smallest absolute Gasteiger partial charge is 0.342 e. The third-order valence-corrected chi connectivity index (χ3v) is 6.97. The van der Waals surface area contributed by atoms with E-state index in [0.717, 1.165) is 0 Å². The molecule has 36 heavy (non-hydrogen) atoms. The molecule has 0 N–H and O–H groups in total. The first kappa shape index (κ1) is 28.1. The second-order valence-corrected chi connectivity index (χ2v) is 9.30. The summed E-state index contributed by atoms with van der Waals surface area (Å²) in [5.74, 6) is -1.68. The summed E-state index contributed by atoms with van der Waals surface area (Å²) in [7, 11) is 0. The highest BCUT2D eigenvalue weighted by atomic mass is 35.5. The van der Waals surface area contributed by atoms with E-state index in [9.17, 15) is 35.9 Å². The monoisotopic (exact) mass is 554 g/mol. The first-order valence-electron chi connectivity index (χ1n) is 10.9. The van der Waals surface area contributed by atoms with Crippen LogP contribution in [0.3, 0.4) is 0 Å². The molecule has 1 fully saturated rings. The molecule has 0 aliphatic carbocycles. The van der Waals surface area contributed by atoms with Crippen LogP contribution in [0.2, 0.25) is 10.0 Å². The zero-order valence-electron chi connectivity index (χ0n) is 19.2. The lowest BCUT2D eigenvalue weighted by atomic mass is 9.84. The Bertz CT molecular complexity index is 1120. The molecule has 0 unspecified atom stereocenters. The zero-order chi connectivity index (χ0) is 27.0. The molecule has 0 spiro atoms. The fraction of sp³-hybridized carbons (Fsp3) is 0.417. The lowest BCUT2D eigenvalue weighted by Gasteiger charge is -2.44.